The first-order valence-electron chi connectivity index (χ1n) is 6.35. The summed E-state index contributed by atoms with van der Waals surface area (Å²) in [6, 6.07) is 12.8. The molecule has 0 fully saturated rings. The SMILES string of the molecule is CC(C)c1cc(Br)ccc1Oc1ccccc1C(N)=O. The molecule has 2 aromatic carbocycles. The van der Waals surface area contributed by atoms with Crippen molar-refractivity contribution >= 4 is 21.8 Å². The van der Waals surface area contributed by atoms with E-state index < -0.39 is 5.91 Å². The molecule has 20 heavy (non-hydrogen) atoms. The van der Waals surface area contributed by atoms with Crippen LogP contribution >= 0.6 is 15.9 Å². The van der Waals surface area contributed by atoms with Gasteiger partial charge in [0.2, 0.25) is 0 Å². The van der Waals surface area contributed by atoms with Gasteiger partial charge in [-0.1, -0.05) is 41.9 Å². The van der Waals surface area contributed by atoms with Gasteiger partial charge in [0.1, 0.15) is 11.5 Å². The van der Waals surface area contributed by atoms with Crippen LogP contribution in [0.1, 0.15) is 35.7 Å². The van der Waals surface area contributed by atoms with Crippen LogP contribution in [0.4, 0.5) is 0 Å². The van der Waals surface area contributed by atoms with Gasteiger partial charge in [0.05, 0.1) is 5.56 Å². The van der Waals surface area contributed by atoms with Gasteiger partial charge in [-0.25, -0.2) is 0 Å². The highest BCUT2D eigenvalue weighted by molar-refractivity contribution is 9.10. The molecule has 0 atom stereocenters. The zero-order valence-corrected chi connectivity index (χ0v) is 13.0. The van der Waals surface area contributed by atoms with E-state index in [9.17, 15) is 4.79 Å². The van der Waals surface area contributed by atoms with Crippen molar-refractivity contribution in [2.45, 2.75) is 19.8 Å². The lowest BCUT2D eigenvalue weighted by Crippen LogP contribution is -2.12. The molecular weight excluding hydrogens is 318 g/mol. The number of halogens is 1. The molecule has 0 aliphatic rings. The fraction of sp³-hybridized carbons (Fsp3) is 0.188. The molecule has 104 valence electrons. The quantitative estimate of drug-likeness (QED) is 0.897. The first-order chi connectivity index (χ1) is 9.49. The molecule has 0 unspecified atom stereocenters. The highest BCUT2D eigenvalue weighted by Crippen LogP contribution is 2.33. The summed E-state index contributed by atoms with van der Waals surface area (Å²) in [5.74, 6) is 1.02. The second-order valence-corrected chi connectivity index (χ2v) is 5.71. The summed E-state index contributed by atoms with van der Waals surface area (Å²) in [4.78, 5) is 11.4. The molecule has 0 saturated carbocycles. The minimum atomic E-state index is -0.496. The number of amides is 1. The Balaban J connectivity index is 2.43. The molecule has 1 amide bonds. The van der Waals surface area contributed by atoms with Gasteiger partial charge in [-0.15, -0.1) is 0 Å². The molecule has 2 aromatic rings. The van der Waals surface area contributed by atoms with Gasteiger partial charge in [0.15, 0.2) is 0 Å². The molecule has 2 rings (SSSR count). The Hall–Kier alpha value is -1.81. The largest absolute Gasteiger partial charge is 0.456 e. The standard InChI is InChI=1S/C16H16BrNO2/c1-10(2)13-9-11(17)7-8-15(13)20-14-6-4-3-5-12(14)16(18)19/h3-10H,1-2H3,(H2,18,19). The third-order valence-corrected chi connectivity index (χ3v) is 3.46. The van der Waals surface area contributed by atoms with E-state index in [0.717, 1.165) is 15.8 Å². The zero-order chi connectivity index (χ0) is 14.7. The predicted molar refractivity (Wildman–Crippen MR) is 83.3 cm³/mol. The van der Waals surface area contributed by atoms with Crippen LogP contribution in [0.25, 0.3) is 0 Å². The Bertz CT molecular complexity index is 638. The summed E-state index contributed by atoms with van der Waals surface area (Å²) in [5, 5.41) is 0. The number of hydrogen-bond acceptors (Lipinski definition) is 2. The summed E-state index contributed by atoms with van der Waals surface area (Å²) in [6.07, 6.45) is 0. The molecule has 4 heteroatoms. The Morgan fingerprint density at radius 1 is 1.15 bits per heavy atom. The van der Waals surface area contributed by atoms with Crippen LogP contribution in [-0.4, -0.2) is 5.91 Å². The van der Waals surface area contributed by atoms with Crippen LogP contribution < -0.4 is 10.5 Å². The molecule has 0 aliphatic carbocycles. The molecule has 0 saturated heterocycles. The van der Waals surface area contributed by atoms with E-state index in [4.69, 9.17) is 10.5 Å². The van der Waals surface area contributed by atoms with Gasteiger partial charge in [-0.2, -0.15) is 0 Å². The van der Waals surface area contributed by atoms with Gasteiger partial charge in [0.25, 0.3) is 5.91 Å². The van der Waals surface area contributed by atoms with Crippen LogP contribution in [0.5, 0.6) is 11.5 Å². The highest BCUT2D eigenvalue weighted by Gasteiger charge is 2.13. The number of primary amides is 1. The van der Waals surface area contributed by atoms with E-state index in [2.05, 4.69) is 29.8 Å². The number of carbonyl (C=O) groups excluding carboxylic acids is 1. The fourth-order valence-corrected chi connectivity index (χ4v) is 2.32. The van der Waals surface area contributed by atoms with Gasteiger partial charge in [0, 0.05) is 4.47 Å². The van der Waals surface area contributed by atoms with E-state index in [-0.39, 0.29) is 0 Å². The summed E-state index contributed by atoms with van der Waals surface area (Å²) < 4.78 is 6.89. The van der Waals surface area contributed by atoms with Gasteiger partial charge >= 0.3 is 0 Å². The first kappa shape index (κ1) is 14.6. The summed E-state index contributed by atoms with van der Waals surface area (Å²) in [5.41, 5.74) is 6.81. The van der Waals surface area contributed by atoms with Crippen LogP contribution in [0.3, 0.4) is 0 Å². The lowest BCUT2D eigenvalue weighted by Gasteiger charge is -2.15. The normalized spacial score (nSPS) is 10.6. The van der Waals surface area contributed by atoms with Crippen LogP contribution in [0.2, 0.25) is 0 Å². The van der Waals surface area contributed by atoms with E-state index >= 15 is 0 Å². The molecule has 0 spiro atoms. The number of benzene rings is 2. The molecular formula is C16H16BrNO2. The minimum Gasteiger partial charge on any atom is -0.456 e. The average Bonchev–Trinajstić information content (AvgIpc) is 2.41. The second kappa shape index (κ2) is 6.09. The van der Waals surface area contributed by atoms with Crippen molar-refractivity contribution in [3.05, 3.63) is 58.1 Å². The molecule has 0 aromatic heterocycles. The van der Waals surface area contributed by atoms with Crippen molar-refractivity contribution in [2.24, 2.45) is 5.73 Å². The van der Waals surface area contributed by atoms with Crippen molar-refractivity contribution < 1.29 is 9.53 Å². The Morgan fingerprint density at radius 3 is 2.50 bits per heavy atom. The minimum absolute atomic E-state index is 0.309. The van der Waals surface area contributed by atoms with Crippen LogP contribution in [0, 0.1) is 0 Å². The van der Waals surface area contributed by atoms with Crippen molar-refractivity contribution in [1.29, 1.82) is 0 Å². The molecule has 0 bridgehead atoms. The number of ether oxygens (including phenoxy) is 1. The highest BCUT2D eigenvalue weighted by atomic mass is 79.9. The van der Waals surface area contributed by atoms with Crippen LogP contribution in [-0.2, 0) is 0 Å². The van der Waals surface area contributed by atoms with Gasteiger partial charge in [-0.05, 0) is 41.8 Å². The smallest absolute Gasteiger partial charge is 0.252 e. The third kappa shape index (κ3) is 3.20. The van der Waals surface area contributed by atoms with Gasteiger partial charge < -0.3 is 10.5 Å². The zero-order valence-electron chi connectivity index (χ0n) is 11.4. The number of carbonyl (C=O) groups is 1. The first-order valence-corrected chi connectivity index (χ1v) is 7.14. The van der Waals surface area contributed by atoms with E-state index in [1.165, 1.54) is 0 Å². The molecule has 0 aliphatic heterocycles. The number of nitrogens with two attached hydrogens (primary N) is 1. The van der Waals surface area contributed by atoms with Gasteiger partial charge in [-0.3, -0.25) is 4.79 Å². The summed E-state index contributed by atoms with van der Waals surface area (Å²) in [6.45, 7) is 4.18. The average molecular weight is 334 g/mol. The molecule has 3 nitrogen and oxygen atoms in total. The third-order valence-electron chi connectivity index (χ3n) is 2.97. The molecule has 2 N–H and O–H groups in total. The summed E-state index contributed by atoms with van der Waals surface area (Å²) in [7, 11) is 0. The van der Waals surface area contributed by atoms with E-state index in [1.807, 2.05) is 24.3 Å². The number of para-hydroxylation sites is 1. The number of hydrogen-bond donors (Lipinski definition) is 1. The lowest BCUT2D eigenvalue weighted by atomic mass is 10.0. The Kier molecular flexibility index (Phi) is 4.45. The maximum atomic E-state index is 11.4. The summed E-state index contributed by atoms with van der Waals surface area (Å²) >= 11 is 3.46. The predicted octanol–water partition coefficient (Wildman–Crippen LogP) is 4.46. The molecule has 0 heterocycles. The van der Waals surface area contributed by atoms with Crippen molar-refractivity contribution in [3.8, 4) is 11.5 Å². The Morgan fingerprint density at radius 2 is 1.85 bits per heavy atom. The van der Waals surface area contributed by atoms with Crippen molar-refractivity contribution in [2.75, 3.05) is 0 Å². The van der Waals surface area contributed by atoms with E-state index in [1.54, 1.807) is 18.2 Å². The number of rotatable bonds is 4. The van der Waals surface area contributed by atoms with Crippen molar-refractivity contribution in [1.82, 2.24) is 0 Å². The monoisotopic (exact) mass is 333 g/mol. The van der Waals surface area contributed by atoms with Crippen molar-refractivity contribution in [3.63, 3.8) is 0 Å². The Labute approximate surface area is 126 Å². The fourth-order valence-electron chi connectivity index (χ4n) is 1.94. The maximum Gasteiger partial charge on any atom is 0.252 e. The molecule has 0 radical (unpaired) electrons. The topological polar surface area (TPSA) is 52.3 Å². The van der Waals surface area contributed by atoms with Crippen LogP contribution in [0.15, 0.2) is 46.9 Å². The van der Waals surface area contributed by atoms with E-state index in [0.29, 0.717) is 17.2 Å². The maximum absolute atomic E-state index is 11.4. The lowest BCUT2D eigenvalue weighted by molar-refractivity contribution is 0.0998. The second-order valence-electron chi connectivity index (χ2n) is 4.80.